The van der Waals surface area contributed by atoms with Gasteiger partial charge < -0.3 is 10.3 Å². The average Bonchev–Trinajstić information content (AvgIpc) is 2.70. The lowest BCUT2D eigenvalue weighted by molar-refractivity contribution is 0.594. The van der Waals surface area contributed by atoms with Gasteiger partial charge >= 0.3 is 0 Å². The Morgan fingerprint density at radius 3 is 2.74 bits per heavy atom. The quantitative estimate of drug-likeness (QED) is 0.930. The van der Waals surface area contributed by atoms with Crippen LogP contribution in [0.15, 0.2) is 23.3 Å². The molecule has 6 heteroatoms. The molecule has 0 unspecified atom stereocenters. The van der Waals surface area contributed by atoms with Gasteiger partial charge in [0.25, 0.3) is 0 Å². The molecule has 5 nitrogen and oxygen atoms in total. The fraction of sp³-hybridized carbons (Fsp3) is 0.385. The van der Waals surface area contributed by atoms with Crippen LogP contribution in [0.5, 0.6) is 0 Å². The van der Waals surface area contributed by atoms with E-state index < -0.39 is 0 Å². The third-order valence-corrected chi connectivity index (χ3v) is 3.47. The van der Waals surface area contributed by atoms with Crippen LogP contribution in [-0.2, 0) is 19.5 Å². The van der Waals surface area contributed by atoms with Crippen molar-refractivity contribution in [3.05, 3.63) is 45.1 Å². The smallest absolute Gasteiger partial charge is 0.204 e. The normalized spacial score (nSPS) is 10.9. The van der Waals surface area contributed by atoms with Crippen LogP contribution in [-0.4, -0.2) is 14.3 Å². The van der Waals surface area contributed by atoms with Crippen molar-refractivity contribution in [2.75, 3.05) is 5.73 Å². The second-order valence-electron chi connectivity index (χ2n) is 4.31. The number of pyridine rings is 1. The zero-order valence-electron chi connectivity index (χ0n) is 11.1. The van der Waals surface area contributed by atoms with E-state index >= 15 is 0 Å². The summed E-state index contributed by atoms with van der Waals surface area (Å²) < 4.78 is 3.72. The molecule has 2 aromatic heterocycles. The van der Waals surface area contributed by atoms with Crippen molar-refractivity contribution in [3.63, 3.8) is 0 Å². The van der Waals surface area contributed by atoms with Crippen LogP contribution >= 0.6 is 11.6 Å². The first-order valence-electron chi connectivity index (χ1n) is 6.26. The Morgan fingerprint density at radius 1 is 1.42 bits per heavy atom. The van der Waals surface area contributed by atoms with Gasteiger partial charge in [0.05, 0.1) is 28.6 Å². The van der Waals surface area contributed by atoms with Gasteiger partial charge in [0.1, 0.15) is 0 Å². The molecule has 2 N–H and O–H groups in total. The lowest BCUT2D eigenvalue weighted by Crippen LogP contribution is -2.13. The Labute approximate surface area is 116 Å². The minimum atomic E-state index is -0.166. The van der Waals surface area contributed by atoms with Crippen LogP contribution in [0, 0.1) is 0 Å². The summed E-state index contributed by atoms with van der Waals surface area (Å²) in [5, 5.41) is 5.16. The van der Waals surface area contributed by atoms with Gasteiger partial charge in [-0.3, -0.25) is 9.48 Å². The topological polar surface area (TPSA) is 65.8 Å². The molecule has 0 saturated heterocycles. The molecule has 0 spiro atoms. The molecule has 0 aliphatic carbocycles. The number of nitrogens with zero attached hydrogens (tertiary/aromatic N) is 3. The Balaban J connectivity index is 2.39. The Hall–Kier alpha value is -1.75. The molecule has 0 saturated carbocycles. The molecule has 0 aliphatic rings. The summed E-state index contributed by atoms with van der Waals surface area (Å²) in [6, 6.07) is 1.45. The number of hydrogen-bond donors (Lipinski definition) is 1. The van der Waals surface area contributed by atoms with Gasteiger partial charge in [-0.1, -0.05) is 18.5 Å². The van der Waals surface area contributed by atoms with Crippen LogP contribution in [0.3, 0.4) is 0 Å². The number of aryl methyl sites for hydroxylation is 2. The van der Waals surface area contributed by atoms with E-state index in [-0.39, 0.29) is 11.1 Å². The van der Waals surface area contributed by atoms with E-state index in [0.717, 1.165) is 24.4 Å². The van der Waals surface area contributed by atoms with Crippen molar-refractivity contribution in [3.8, 4) is 0 Å². The standard InChI is InChI=1S/C13H17ClN4O/c1-3-10-13(14)11(18(4-2)16-10)8-17-6-5-12(19)9(15)7-17/h5-7H,3-4,8,15H2,1-2H3. The molecular formula is C13H17ClN4O. The molecule has 0 aliphatic heterocycles. The Kier molecular flexibility index (Phi) is 3.95. The maximum Gasteiger partial charge on any atom is 0.204 e. The maximum absolute atomic E-state index is 11.3. The zero-order valence-corrected chi connectivity index (χ0v) is 11.8. The van der Waals surface area contributed by atoms with E-state index in [9.17, 15) is 4.79 Å². The molecule has 0 amide bonds. The van der Waals surface area contributed by atoms with Gasteiger partial charge in [0, 0.05) is 25.0 Å². The van der Waals surface area contributed by atoms with Crippen LogP contribution < -0.4 is 11.2 Å². The van der Waals surface area contributed by atoms with E-state index in [1.54, 1.807) is 12.4 Å². The maximum atomic E-state index is 11.3. The highest BCUT2D eigenvalue weighted by Crippen LogP contribution is 2.22. The first kappa shape index (κ1) is 13.7. The molecular weight excluding hydrogens is 264 g/mol. The molecule has 0 bridgehead atoms. The predicted octanol–water partition coefficient (Wildman–Crippen LogP) is 1.91. The van der Waals surface area contributed by atoms with E-state index in [1.807, 2.05) is 23.1 Å². The lowest BCUT2D eigenvalue weighted by Gasteiger charge is -2.09. The van der Waals surface area contributed by atoms with Gasteiger partial charge in [-0.2, -0.15) is 5.10 Å². The minimum absolute atomic E-state index is 0.166. The lowest BCUT2D eigenvalue weighted by atomic mass is 10.3. The summed E-state index contributed by atoms with van der Waals surface area (Å²) in [5.41, 5.74) is 7.52. The number of halogens is 1. The van der Waals surface area contributed by atoms with Gasteiger partial charge in [0.15, 0.2) is 0 Å². The van der Waals surface area contributed by atoms with Gasteiger partial charge in [-0.25, -0.2) is 0 Å². The summed E-state index contributed by atoms with van der Waals surface area (Å²) >= 11 is 6.34. The molecule has 2 rings (SSSR count). The third-order valence-electron chi connectivity index (χ3n) is 3.03. The van der Waals surface area contributed by atoms with Crippen LogP contribution in [0.1, 0.15) is 25.2 Å². The molecule has 0 aromatic carbocycles. The summed E-state index contributed by atoms with van der Waals surface area (Å²) in [6.07, 6.45) is 4.12. The average molecular weight is 281 g/mol. The fourth-order valence-electron chi connectivity index (χ4n) is 1.98. The van der Waals surface area contributed by atoms with Gasteiger partial charge in [-0.05, 0) is 13.3 Å². The van der Waals surface area contributed by atoms with Gasteiger partial charge in [0.2, 0.25) is 5.43 Å². The highest BCUT2D eigenvalue weighted by Gasteiger charge is 2.14. The van der Waals surface area contributed by atoms with Crippen molar-refractivity contribution < 1.29 is 0 Å². The van der Waals surface area contributed by atoms with Gasteiger partial charge in [-0.15, -0.1) is 0 Å². The second-order valence-corrected chi connectivity index (χ2v) is 4.69. The van der Waals surface area contributed by atoms with Crippen molar-refractivity contribution in [1.29, 1.82) is 0 Å². The molecule has 2 heterocycles. The number of anilines is 1. The second kappa shape index (κ2) is 5.48. The summed E-state index contributed by atoms with van der Waals surface area (Å²) in [5.74, 6) is 0. The zero-order chi connectivity index (χ0) is 14.0. The molecule has 19 heavy (non-hydrogen) atoms. The van der Waals surface area contributed by atoms with E-state index in [4.69, 9.17) is 17.3 Å². The predicted molar refractivity (Wildman–Crippen MR) is 76.5 cm³/mol. The highest BCUT2D eigenvalue weighted by atomic mass is 35.5. The number of nitrogen functional groups attached to an aromatic ring is 1. The number of aromatic nitrogens is 3. The number of rotatable bonds is 4. The number of hydrogen-bond acceptors (Lipinski definition) is 3. The molecule has 0 atom stereocenters. The number of nitrogens with two attached hydrogens (primary N) is 1. The fourth-order valence-corrected chi connectivity index (χ4v) is 2.31. The highest BCUT2D eigenvalue weighted by molar-refractivity contribution is 6.31. The van der Waals surface area contributed by atoms with Crippen molar-refractivity contribution in [2.24, 2.45) is 0 Å². The van der Waals surface area contributed by atoms with Crippen molar-refractivity contribution >= 4 is 17.3 Å². The monoisotopic (exact) mass is 280 g/mol. The summed E-state index contributed by atoms with van der Waals surface area (Å²) in [4.78, 5) is 11.3. The molecule has 2 aromatic rings. The first-order chi connectivity index (χ1) is 9.06. The van der Waals surface area contributed by atoms with E-state index in [2.05, 4.69) is 5.10 Å². The third kappa shape index (κ3) is 2.66. The van der Waals surface area contributed by atoms with Crippen molar-refractivity contribution in [1.82, 2.24) is 14.3 Å². The Bertz CT molecular complexity index is 645. The molecule has 0 fully saturated rings. The van der Waals surface area contributed by atoms with E-state index in [0.29, 0.717) is 11.6 Å². The summed E-state index contributed by atoms with van der Waals surface area (Å²) in [6.45, 7) is 5.34. The summed E-state index contributed by atoms with van der Waals surface area (Å²) in [7, 11) is 0. The first-order valence-corrected chi connectivity index (χ1v) is 6.64. The molecule has 0 radical (unpaired) electrons. The van der Waals surface area contributed by atoms with Crippen molar-refractivity contribution in [2.45, 2.75) is 33.4 Å². The Morgan fingerprint density at radius 2 is 2.16 bits per heavy atom. The van der Waals surface area contributed by atoms with Crippen LogP contribution in [0.2, 0.25) is 5.02 Å². The van der Waals surface area contributed by atoms with E-state index in [1.165, 1.54) is 6.07 Å². The minimum Gasteiger partial charge on any atom is -0.394 e. The van der Waals surface area contributed by atoms with Crippen LogP contribution in [0.4, 0.5) is 5.69 Å². The largest absolute Gasteiger partial charge is 0.394 e. The molecule has 102 valence electrons. The van der Waals surface area contributed by atoms with Crippen LogP contribution in [0.25, 0.3) is 0 Å². The SMILES string of the molecule is CCc1nn(CC)c(Cn2ccc(=O)c(N)c2)c1Cl.